The van der Waals surface area contributed by atoms with E-state index in [1.165, 1.54) is 0 Å². The van der Waals surface area contributed by atoms with E-state index in [0.29, 0.717) is 6.55 Å². The summed E-state index contributed by atoms with van der Waals surface area (Å²) in [5, 5.41) is 0. The van der Waals surface area contributed by atoms with E-state index in [9.17, 15) is 0 Å². The second kappa shape index (κ2) is 1.77. The fraction of sp³-hybridized carbons (Fsp3) is 0.200. The first kappa shape index (κ1) is 0.494. The largest absolute Gasteiger partial charge is 0.0988 e. The second-order valence-corrected chi connectivity index (χ2v) is 0.519. The first-order chi connectivity index (χ1) is 5.30. The highest BCUT2D eigenvalue weighted by Crippen LogP contribution is 1.81. The first-order valence-electron chi connectivity index (χ1n) is 4.62. The molecule has 0 atom stereocenters. The van der Waals surface area contributed by atoms with Crippen LogP contribution in [-0.2, 0) is 0 Å². The predicted molar refractivity (Wildman–Crippen MR) is 25.0 cm³/mol. The smallest absolute Gasteiger partial charge is 0.0619 e. The Morgan fingerprint density at radius 1 is 2.60 bits per heavy atom. The average molecular weight is 75.2 g/mol. The molecule has 0 fully saturated rings. The highest BCUT2D eigenvalue weighted by atomic mass is 13.7. The summed E-state index contributed by atoms with van der Waals surface area (Å²) < 4.78 is 47.7. The van der Waals surface area contributed by atoms with Crippen LogP contribution in [0.3, 0.4) is 0 Å². The van der Waals surface area contributed by atoms with E-state index >= 15 is 0 Å². The van der Waals surface area contributed by atoms with Crippen LogP contribution in [-0.4, -0.2) is 0 Å². The van der Waals surface area contributed by atoms with Crippen LogP contribution in [0.25, 0.3) is 0 Å². The predicted octanol–water partition coefficient (Wildman–Crippen LogP) is 1.75. The molecule has 0 heteroatoms. The first-order valence-corrected chi connectivity index (χ1v) is 1.04. The molecule has 5 heavy (non-hydrogen) atoms. The standard InChI is InChI=1S/C5H8/c1-4-5(2)3/h4H,1-2H2,3H3/i1D,2D2,3D3,4D. The van der Waals surface area contributed by atoms with Crippen molar-refractivity contribution >= 4 is 0 Å². The number of hydrogen-bond donors (Lipinski definition) is 0. The Morgan fingerprint density at radius 2 is 3.60 bits per heavy atom. The summed E-state index contributed by atoms with van der Waals surface area (Å²) >= 11 is 0. The minimum absolute atomic E-state index is 0.505. The van der Waals surface area contributed by atoms with Gasteiger partial charge in [-0.05, 0) is 6.85 Å². The lowest BCUT2D eigenvalue weighted by Crippen LogP contribution is -1.50. The molecule has 0 aliphatic rings. The Balaban J connectivity index is 5.12. The lowest BCUT2D eigenvalue weighted by molar-refractivity contribution is 1.58. The molecule has 0 nitrogen and oxygen atoms in total. The SMILES string of the molecule is [2H]C=C([2H])C(=C([2H])[2H])C([2H])([2H])[2H]. The minimum Gasteiger partial charge on any atom is -0.0988 e. The van der Waals surface area contributed by atoms with E-state index in [0.717, 1.165) is 0 Å². The molecule has 0 bridgehead atoms. The normalized spacial score (nSPS) is 32.8. The van der Waals surface area contributed by atoms with Crippen LogP contribution in [0.2, 0.25) is 0 Å². The molecule has 0 saturated heterocycles. The zero-order valence-electron chi connectivity index (χ0n) is 9.58. The maximum atomic E-state index is 6.98. The molecule has 0 unspecified atom stereocenters. The van der Waals surface area contributed by atoms with Gasteiger partial charge < -0.3 is 0 Å². The molecular weight excluding hydrogens is 60.1 g/mol. The van der Waals surface area contributed by atoms with Crippen molar-refractivity contribution in [2.45, 2.75) is 6.85 Å². The monoisotopic (exact) mass is 75.1 g/mol. The molecule has 0 aliphatic heterocycles. The summed E-state index contributed by atoms with van der Waals surface area (Å²) in [6.07, 6.45) is 0. The van der Waals surface area contributed by atoms with Crippen molar-refractivity contribution in [3.63, 3.8) is 0 Å². The van der Waals surface area contributed by atoms with Crippen molar-refractivity contribution < 1.29 is 9.60 Å². The lowest BCUT2D eigenvalue weighted by Gasteiger charge is -1.71. The van der Waals surface area contributed by atoms with Crippen LogP contribution < -0.4 is 0 Å². The van der Waals surface area contributed by atoms with Gasteiger partial charge in [0.1, 0.15) is 0 Å². The second-order valence-electron chi connectivity index (χ2n) is 0.519. The van der Waals surface area contributed by atoms with E-state index in [4.69, 9.17) is 9.60 Å². The van der Waals surface area contributed by atoms with E-state index in [2.05, 4.69) is 0 Å². The van der Waals surface area contributed by atoms with E-state index in [1.54, 1.807) is 0 Å². The van der Waals surface area contributed by atoms with Gasteiger partial charge in [-0.15, -0.1) is 0 Å². The lowest BCUT2D eigenvalue weighted by atomic mass is 10.4. The van der Waals surface area contributed by atoms with E-state index in [1.807, 2.05) is 0 Å². The van der Waals surface area contributed by atoms with Gasteiger partial charge >= 0.3 is 0 Å². The van der Waals surface area contributed by atoms with Gasteiger partial charge in [0.25, 0.3) is 0 Å². The van der Waals surface area contributed by atoms with Gasteiger partial charge in [-0.25, -0.2) is 0 Å². The maximum Gasteiger partial charge on any atom is 0.0619 e. The van der Waals surface area contributed by atoms with Crippen molar-refractivity contribution in [1.82, 2.24) is 0 Å². The quantitative estimate of drug-likeness (QED) is 0.416. The summed E-state index contributed by atoms with van der Waals surface area (Å²) in [6.45, 7) is -3.10. The molecule has 0 heterocycles. The molecule has 0 aromatic rings. The molecule has 0 N–H and O–H groups in total. The Kier molecular flexibility index (Phi) is 0.175. The van der Waals surface area contributed by atoms with Gasteiger partial charge in [0.2, 0.25) is 0 Å². The fourth-order valence-electron chi connectivity index (χ4n) is 0. The molecular formula is C5H8. The Labute approximate surface area is 42.7 Å². The average Bonchev–Trinajstić information content (AvgIpc) is 1.83. The molecule has 28 valence electrons. The number of rotatable bonds is 1. The summed E-state index contributed by atoms with van der Waals surface area (Å²) in [5.74, 6) is 0. The molecule has 0 amide bonds. The molecule has 0 aliphatic carbocycles. The Morgan fingerprint density at radius 3 is 3.80 bits per heavy atom. The fourth-order valence-corrected chi connectivity index (χ4v) is 0. The van der Waals surface area contributed by atoms with Gasteiger partial charge in [-0.2, -0.15) is 0 Å². The third-order valence-electron chi connectivity index (χ3n) is 0.144. The van der Waals surface area contributed by atoms with Crippen molar-refractivity contribution in [3.8, 4) is 0 Å². The number of allylic oxidation sites excluding steroid dienone is 2. The zero-order valence-corrected chi connectivity index (χ0v) is 2.58. The molecule has 0 aromatic carbocycles. The van der Waals surface area contributed by atoms with Crippen LogP contribution in [0.1, 0.15) is 16.4 Å². The Hall–Kier alpha value is -0.520. The summed E-state index contributed by atoms with van der Waals surface area (Å²) in [7, 11) is 0. The molecule has 0 radical (unpaired) electrons. The summed E-state index contributed by atoms with van der Waals surface area (Å²) in [4.78, 5) is 0. The van der Waals surface area contributed by atoms with Gasteiger partial charge in [0.15, 0.2) is 0 Å². The van der Waals surface area contributed by atoms with Gasteiger partial charge in [0.05, 0.1) is 5.48 Å². The third kappa shape index (κ3) is 3.48. The van der Waals surface area contributed by atoms with Crippen LogP contribution in [0.5, 0.6) is 0 Å². The van der Waals surface area contributed by atoms with Gasteiger partial charge in [-0.3, -0.25) is 0 Å². The zero-order chi connectivity index (χ0) is 9.94. The summed E-state index contributed by atoms with van der Waals surface area (Å²) in [6, 6.07) is -0.616. The molecule has 0 aromatic heterocycles. The Bertz CT molecular complexity index is 216. The topological polar surface area (TPSA) is 0 Å². The van der Waals surface area contributed by atoms with Crippen molar-refractivity contribution in [2.75, 3.05) is 0 Å². The van der Waals surface area contributed by atoms with Crippen molar-refractivity contribution in [2.24, 2.45) is 0 Å². The molecule has 0 spiro atoms. The van der Waals surface area contributed by atoms with Crippen LogP contribution >= 0.6 is 0 Å². The van der Waals surface area contributed by atoms with Crippen LogP contribution in [0.4, 0.5) is 0 Å². The number of hydrogen-bond acceptors (Lipinski definition) is 0. The highest BCUT2D eigenvalue weighted by molar-refractivity contribution is 5.05. The van der Waals surface area contributed by atoms with E-state index < -0.39 is 25.0 Å². The molecule has 0 saturated carbocycles. The van der Waals surface area contributed by atoms with Crippen molar-refractivity contribution in [1.29, 1.82) is 0 Å². The van der Waals surface area contributed by atoms with E-state index in [-0.39, 0.29) is 0 Å². The van der Waals surface area contributed by atoms with Crippen molar-refractivity contribution in [3.05, 3.63) is 24.7 Å². The van der Waals surface area contributed by atoms with Gasteiger partial charge in [0, 0.05) is 4.11 Å². The summed E-state index contributed by atoms with van der Waals surface area (Å²) in [5.41, 5.74) is -0.697. The maximum absolute atomic E-state index is 6.98. The van der Waals surface area contributed by atoms with Gasteiger partial charge in [-0.1, -0.05) is 24.7 Å². The van der Waals surface area contributed by atoms with Crippen LogP contribution in [0.15, 0.2) is 24.7 Å². The molecule has 0 rings (SSSR count). The third-order valence-corrected chi connectivity index (χ3v) is 0.144. The highest BCUT2D eigenvalue weighted by Gasteiger charge is 1.59. The minimum atomic E-state index is -2.66. The van der Waals surface area contributed by atoms with Crippen LogP contribution in [0, 0.1) is 0 Å².